The molecule has 2 atom stereocenters. The van der Waals surface area contributed by atoms with Gasteiger partial charge in [0.25, 0.3) is 0 Å². The van der Waals surface area contributed by atoms with Gasteiger partial charge in [-0.1, -0.05) is 169 Å². The number of nitrogens with zero attached hydrogens (tertiary/aromatic N) is 2. The quantitative estimate of drug-likeness (QED) is 0.0482. The van der Waals surface area contributed by atoms with Gasteiger partial charge in [-0.25, -0.2) is 0 Å². The molecule has 0 rings (SSSR count). The van der Waals surface area contributed by atoms with E-state index in [4.69, 9.17) is 9.47 Å². The standard InChI is InChI=1S/C49H94N2O7/c1-7-11-15-19-21-27-35-43(33-25-17-13-9-3)48(55)50(5)41-46(53)57-39-31-23-29-37-45(52)38-30-24-32-40-58-47(54)42-51(6)49(56)44(34-26-18-14-10-4)36-28-22-20-16-12-8-2/h43-45,52H,7-42H2,1-6H3. The van der Waals surface area contributed by atoms with Crippen molar-refractivity contribution in [2.45, 2.75) is 239 Å². The molecule has 1 N–H and O–H groups in total. The summed E-state index contributed by atoms with van der Waals surface area (Å²) in [4.78, 5) is 54.7. The number of hydrogen-bond donors (Lipinski definition) is 1. The molecule has 0 aromatic carbocycles. The summed E-state index contributed by atoms with van der Waals surface area (Å²) < 4.78 is 10.9. The Hall–Kier alpha value is -2.16. The third-order valence-electron chi connectivity index (χ3n) is 11.7. The number of unbranched alkanes of at least 4 members (excludes halogenated alkanes) is 20. The Labute approximate surface area is 357 Å². The number of carbonyl (C=O) groups excluding carboxylic acids is 4. The summed E-state index contributed by atoms with van der Waals surface area (Å²) in [6, 6.07) is 0. The monoisotopic (exact) mass is 823 g/mol. The van der Waals surface area contributed by atoms with Gasteiger partial charge >= 0.3 is 11.9 Å². The molecule has 0 spiro atoms. The summed E-state index contributed by atoms with van der Waals surface area (Å²) in [7, 11) is 3.45. The zero-order chi connectivity index (χ0) is 43.1. The third kappa shape index (κ3) is 32.7. The van der Waals surface area contributed by atoms with Gasteiger partial charge in [0.2, 0.25) is 11.8 Å². The van der Waals surface area contributed by atoms with Crippen molar-refractivity contribution >= 4 is 23.8 Å². The zero-order valence-corrected chi connectivity index (χ0v) is 39.0. The largest absolute Gasteiger partial charge is 0.464 e. The summed E-state index contributed by atoms with van der Waals surface area (Å²) in [6.07, 6.45) is 33.2. The predicted molar refractivity (Wildman–Crippen MR) is 241 cm³/mol. The fourth-order valence-electron chi connectivity index (χ4n) is 7.85. The number of ether oxygens (including phenoxy) is 2. The molecule has 9 heteroatoms. The summed E-state index contributed by atoms with van der Waals surface area (Å²) in [5.74, 6) is -0.587. The molecule has 58 heavy (non-hydrogen) atoms. The number of esters is 2. The molecule has 0 saturated heterocycles. The Bertz CT molecular complexity index is 916. The lowest BCUT2D eigenvalue weighted by molar-refractivity contribution is -0.150. The van der Waals surface area contributed by atoms with Gasteiger partial charge in [0.1, 0.15) is 13.1 Å². The second kappa shape index (κ2) is 40.3. The normalized spacial score (nSPS) is 12.9. The highest BCUT2D eigenvalue weighted by Gasteiger charge is 2.25. The SMILES string of the molecule is CCCCCCCCC(CCCCCC)C(=O)N(C)CC(=O)OCCCCCC(O)CCCCCOC(=O)CN(C)C(=O)C(CCCCCC)CCCCCCCC. The van der Waals surface area contributed by atoms with Crippen LogP contribution in [-0.4, -0.2) is 85.2 Å². The molecular weight excluding hydrogens is 729 g/mol. The average Bonchev–Trinajstić information content (AvgIpc) is 3.20. The highest BCUT2D eigenvalue weighted by molar-refractivity contribution is 5.84. The second-order valence-electron chi connectivity index (χ2n) is 17.4. The van der Waals surface area contributed by atoms with E-state index in [9.17, 15) is 24.3 Å². The number of amides is 2. The maximum absolute atomic E-state index is 13.3. The van der Waals surface area contributed by atoms with Crippen LogP contribution >= 0.6 is 0 Å². The number of carbonyl (C=O) groups is 4. The first-order chi connectivity index (χ1) is 28.1. The molecule has 342 valence electrons. The van der Waals surface area contributed by atoms with E-state index in [0.717, 1.165) is 103 Å². The number of hydrogen-bond acceptors (Lipinski definition) is 7. The van der Waals surface area contributed by atoms with Crippen LogP contribution in [0.15, 0.2) is 0 Å². The first-order valence-corrected chi connectivity index (χ1v) is 24.6. The molecule has 0 aliphatic carbocycles. The van der Waals surface area contributed by atoms with Crippen molar-refractivity contribution in [1.29, 1.82) is 0 Å². The van der Waals surface area contributed by atoms with E-state index in [0.29, 0.717) is 26.1 Å². The van der Waals surface area contributed by atoms with Gasteiger partial charge in [0, 0.05) is 25.9 Å². The number of aliphatic hydroxyl groups excluding tert-OH is 1. The summed E-state index contributed by atoms with van der Waals surface area (Å²) >= 11 is 0. The minimum atomic E-state index is -0.373. The lowest BCUT2D eigenvalue weighted by atomic mass is 9.93. The van der Waals surface area contributed by atoms with Gasteiger partial charge in [-0.3, -0.25) is 19.2 Å². The molecule has 0 aliphatic heterocycles. The molecule has 0 heterocycles. The predicted octanol–water partition coefficient (Wildman–Crippen LogP) is 12.1. The highest BCUT2D eigenvalue weighted by atomic mass is 16.5. The van der Waals surface area contributed by atoms with Gasteiger partial charge in [0.05, 0.1) is 19.3 Å². The van der Waals surface area contributed by atoms with Crippen molar-refractivity contribution in [3.8, 4) is 0 Å². The molecule has 0 fully saturated rings. The molecule has 2 unspecified atom stereocenters. The fraction of sp³-hybridized carbons (Fsp3) is 0.918. The fourth-order valence-corrected chi connectivity index (χ4v) is 7.85. The van der Waals surface area contributed by atoms with E-state index in [1.165, 1.54) is 89.9 Å². The molecule has 9 nitrogen and oxygen atoms in total. The van der Waals surface area contributed by atoms with Gasteiger partial charge in [0.15, 0.2) is 0 Å². The number of likely N-dealkylation sites (N-methyl/N-ethyl adjacent to an activating group) is 2. The van der Waals surface area contributed by atoms with Crippen LogP contribution in [-0.2, 0) is 28.7 Å². The van der Waals surface area contributed by atoms with Gasteiger partial charge in [-0.15, -0.1) is 0 Å². The minimum Gasteiger partial charge on any atom is -0.464 e. The highest BCUT2D eigenvalue weighted by Crippen LogP contribution is 2.23. The summed E-state index contributed by atoms with van der Waals surface area (Å²) in [5, 5.41) is 10.5. The molecule has 0 aromatic rings. The van der Waals surface area contributed by atoms with Crippen LogP contribution in [0.1, 0.15) is 233 Å². The van der Waals surface area contributed by atoms with Gasteiger partial charge < -0.3 is 24.4 Å². The molecule has 2 amide bonds. The first-order valence-electron chi connectivity index (χ1n) is 24.6. The maximum atomic E-state index is 13.3. The van der Waals surface area contributed by atoms with Crippen LogP contribution in [0.2, 0.25) is 0 Å². The Morgan fingerprint density at radius 1 is 0.397 bits per heavy atom. The summed E-state index contributed by atoms with van der Waals surface area (Å²) in [6.45, 7) is 9.49. The average molecular weight is 823 g/mol. The molecule has 0 aromatic heterocycles. The zero-order valence-electron chi connectivity index (χ0n) is 39.0. The maximum Gasteiger partial charge on any atom is 0.325 e. The molecule has 0 bridgehead atoms. The van der Waals surface area contributed by atoms with Gasteiger partial charge in [-0.2, -0.15) is 0 Å². The molecule has 0 radical (unpaired) electrons. The van der Waals surface area contributed by atoms with Gasteiger partial charge in [-0.05, 0) is 64.2 Å². The minimum absolute atomic E-state index is 0.00549. The number of rotatable bonds is 42. The number of aliphatic hydroxyl groups is 1. The Kier molecular flexibility index (Phi) is 38.8. The molecule has 0 saturated carbocycles. The van der Waals surface area contributed by atoms with Crippen LogP contribution in [0.5, 0.6) is 0 Å². The van der Waals surface area contributed by atoms with E-state index in [1.54, 1.807) is 23.9 Å². The topological polar surface area (TPSA) is 113 Å². The van der Waals surface area contributed by atoms with Crippen molar-refractivity contribution in [1.82, 2.24) is 9.80 Å². The first kappa shape index (κ1) is 55.8. The van der Waals surface area contributed by atoms with Crippen LogP contribution < -0.4 is 0 Å². The molecule has 0 aliphatic rings. The second-order valence-corrected chi connectivity index (χ2v) is 17.4. The summed E-state index contributed by atoms with van der Waals surface area (Å²) in [5.41, 5.74) is 0. The van der Waals surface area contributed by atoms with E-state index in [-0.39, 0.29) is 54.8 Å². The lowest BCUT2D eigenvalue weighted by Gasteiger charge is -2.23. The van der Waals surface area contributed by atoms with Crippen molar-refractivity contribution in [3.05, 3.63) is 0 Å². The third-order valence-corrected chi connectivity index (χ3v) is 11.7. The van der Waals surface area contributed by atoms with E-state index in [2.05, 4.69) is 27.7 Å². The lowest BCUT2D eigenvalue weighted by Crippen LogP contribution is -2.37. The Balaban J connectivity index is 4.22. The van der Waals surface area contributed by atoms with E-state index >= 15 is 0 Å². The Morgan fingerprint density at radius 2 is 0.655 bits per heavy atom. The van der Waals surface area contributed by atoms with Crippen LogP contribution in [0.4, 0.5) is 0 Å². The van der Waals surface area contributed by atoms with Crippen molar-refractivity contribution < 1.29 is 33.8 Å². The van der Waals surface area contributed by atoms with Crippen molar-refractivity contribution in [2.75, 3.05) is 40.4 Å². The van der Waals surface area contributed by atoms with Crippen LogP contribution in [0.3, 0.4) is 0 Å². The van der Waals surface area contributed by atoms with Crippen LogP contribution in [0.25, 0.3) is 0 Å². The molecular formula is C49H94N2O7. The smallest absolute Gasteiger partial charge is 0.325 e. The van der Waals surface area contributed by atoms with E-state index in [1.807, 2.05) is 0 Å². The Morgan fingerprint density at radius 3 is 0.983 bits per heavy atom. The van der Waals surface area contributed by atoms with Crippen LogP contribution in [0, 0.1) is 11.8 Å². The van der Waals surface area contributed by atoms with E-state index < -0.39 is 0 Å². The van der Waals surface area contributed by atoms with Crippen molar-refractivity contribution in [3.63, 3.8) is 0 Å². The van der Waals surface area contributed by atoms with Crippen molar-refractivity contribution in [2.24, 2.45) is 11.8 Å².